The lowest BCUT2D eigenvalue weighted by molar-refractivity contribution is 0.0177. The number of rotatable bonds is 7. The van der Waals surface area contributed by atoms with Gasteiger partial charge in [0.1, 0.15) is 0 Å². The molecule has 0 N–H and O–H groups in total. The van der Waals surface area contributed by atoms with Crippen LogP contribution in [0.1, 0.15) is 66.2 Å². The SMILES string of the molecule is CC(C)CC1(CN2CCC3(CC(CN4CCN(C(C)C)CC4)C3)C2)CC1. The monoisotopic (exact) mass is 361 g/mol. The van der Waals surface area contributed by atoms with Gasteiger partial charge in [0.25, 0.3) is 0 Å². The molecule has 0 aromatic rings. The van der Waals surface area contributed by atoms with Gasteiger partial charge in [-0.25, -0.2) is 0 Å². The predicted octanol–water partition coefficient (Wildman–Crippen LogP) is 3.94. The summed E-state index contributed by atoms with van der Waals surface area (Å²) >= 11 is 0. The number of piperazine rings is 1. The van der Waals surface area contributed by atoms with Crippen LogP contribution < -0.4 is 0 Å². The van der Waals surface area contributed by atoms with Gasteiger partial charge in [0, 0.05) is 51.9 Å². The van der Waals surface area contributed by atoms with Gasteiger partial charge in [-0.3, -0.25) is 4.90 Å². The minimum absolute atomic E-state index is 0.721. The molecule has 2 aliphatic carbocycles. The van der Waals surface area contributed by atoms with Crippen LogP contribution in [0.3, 0.4) is 0 Å². The highest BCUT2D eigenvalue weighted by Gasteiger charge is 2.51. The van der Waals surface area contributed by atoms with Gasteiger partial charge in [-0.2, -0.15) is 0 Å². The Labute approximate surface area is 162 Å². The average Bonchev–Trinajstić information content (AvgIpc) is 3.15. The van der Waals surface area contributed by atoms with Crippen LogP contribution in [0, 0.1) is 22.7 Å². The van der Waals surface area contributed by atoms with Crippen molar-refractivity contribution in [1.29, 1.82) is 0 Å². The normalized spacial score (nSPS) is 35.5. The van der Waals surface area contributed by atoms with Crippen LogP contribution in [0.25, 0.3) is 0 Å². The van der Waals surface area contributed by atoms with Gasteiger partial charge in [-0.15, -0.1) is 0 Å². The molecule has 1 spiro atoms. The first-order chi connectivity index (χ1) is 12.4. The molecule has 3 heteroatoms. The number of likely N-dealkylation sites (tertiary alicyclic amines) is 1. The van der Waals surface area contributed by atoms with Crippen molar-refractivity contribution in [3.8, 4) is 0 Å². The molecule has 3 nitrogen and oxygen atoms in total. The molecule has 0 unspecified atom stereocenters. The Morgan fingerprint density at radius 2 is 1.54 bits per heavy atom. The van der Waals surface area contributed by atoms with E-state index in [1.165, 1.54) is 90.9 Å². The first-order valence-corrected chi connectivity index (χ1v) is 11.6. The average molecular weight is 362 g/mol. The number of hydrogen-bond donors (Lipinski definition) is 0. The lowest BCUT2D eigenvalue weighted by atomic mass is 9.61. The van der Waals surface area contributed by atoms with Crippen LogP contribution in [-0.4, -0.2) is 73.1 Å². The number of nitrogens with zero attached hydrogens (tertiary/aromatic N) is 3. The molecule has 4 aliphatic rings. The summed E-state index contributed by atoms with van der Waals surface area (Å²) in [4.78, 5) is 8.25. The highest BCUT2D eigenvalue weighted by molar-refractivity contribution is 5.04. The second kappa shape index (κ2) is 7.37. The van der Waals surface area contributed by atoms with Crippen LogP contribution >= 0.6 is 0 Å². The highest BCUT2D eigenvalue weighted by atomic mass is 15.3. The maximum atomic E-state index is 2.85. The van der Waals surface area contributed by atoms with E-state index in [-0.39, 0.29) is 0 Å². The largest absolute Gasteiger partial charge is 0.302 e. The van der Waals surface area contributed by atoms with E-state index in [0.717, 1.165) is 28.7 Å². The zero-order valence-corrected chi connectivity index (χ0v) is 18.0. The second-order valence-corrected chi connectivity index (χ2v) is 11.3. The molecule has 0 aromatic carbocycles. The third-order valence-electron chi connectivity index (χ3n) is 7.97. The van der Waals surface area contributed by atoms with E-state index in [4.69, 9.17) is 0 Å². The fourth-order valence-corrected chi connectivity index (χ4v) is 6.56. The topological polar surface area (TPSA) is 9.72 Å². The molecule has 0 atom stereocenters. The molecule has 26 heavy (non-hydrogen) atoms. The molecule has 2 saturated heterocycles. The van der Waals surface area contributed by atoms with Crippen LogP contribution in [-0.2, 0) is 0 Å². The van der Waals surface area contributed by atoms with Crippen LogP contribution in [0.2, 0.25) is 0 Å². The first kappa shape index (κ1) is 19.2. The molecule has 0 aromatic heterocycles. The summed E-state index contributed by atoms with van der Waals surface area (Å²) < 4.78 is 0. The lowest BCUT2D eigenvalue weighted by Crippen LogP contribution is -2.52. The van der Waals surface area contributed by atoms with Gasteiger partial charge in [0.05, 0.1) is 0 Å². The maximum Gasteiger partial charge on any atom is 0.0113 e. The van der Waals surface area contributed by atoms with Crippen molar-refractivity contribution in [2.75, 3.05) is 52.4 Å². The Kier molecular flexibility index (Phi) is 5.44. The van der Waals surface area contributed by atoms with Crippen LogP contribution in [0.15, 0.2) is 0 Å². The van der Waals surface area contributed by atoms with Crippen molar-refractivity contribution in [3.63, 3.8) is 0 Å². The summed E-state index contributed by atoms with van der Waals surface area (Å²) in [7, 11) is 0. The van der Waals surface area contributed by atoms with E-state index in [0.29, 0.717) is 0 Å². The van der Waals surface area contributed by atoms with Gasteiger partial charge in [0.2, 0.25) is 0 Å². The minimum atomic E-state index is 0.721. The predicted molar refractivity (Wildman–Crippen MR) is 110 cm³/mol. The van der Waals surface area contributed by atoms with E-state index in [1.807, 2.05) is 0 Å². The Morgan fingerprint density at radius 1 is 0.846 bits per heavy atom. The van der Waals surface area contributed by atoms with Gasteiger partial charge >= 0.3 is 0 Å². The summed E-state index contributed by atoms with van der Waals surface area (Å²) in [6, 6.07) is 0.721. The summed E-state index contributed by atoms with van der Waals surface area (Å²) in [6.07, 6.45) is 8.99. The first-order valence-electron chi connectivity index (χ1n) is 11.6. The molecule has 0 bridgehead atoms. The molecule has 0 amide bonds. The Morgan fingerprint density at radius 3 is 2.12 bits per heavy atom. The Bertz CT molecular complexity index is 468. The maximum absolute atomic E-state index is 2.85. The van der Waals surface area contributed by atoms with Gasteiger partial charge < -0.3 is 9.80 Å². The van der Waals surface area contributed by atoms with Gasteiger partial charge in [-0.1, -0.05) is 13.8 Å². The highest BCUT2D eigenvalue weighted by Crippen LogP contribution is 2.55. The zero-order chi connectivity index (χ0) is 18.4. The fraction of sp³-hybridized carbons (Fsp3) is 1.00. The van der Waals surface area contributed by atoms with Crippen molar-refractivity contribution >= 4 is 0 Å². The minimum Gasteiger partial charge on any atom is -0.302 e. The summed E-state index contributed by atoms with van der Waals surface area (Å²) in [5.41, 5.74) is 1.44. The van der Waals surface area contributed by atoms with E-state index in [2.05, 4.69) is 42.4 Å². The van der Waals surface area contributed by atoms with Crippen molar-refractivity contribution in [2.24, 2.45) is 22.7 Å². The molecular formula is C23H43N3. The van der Waals surface area contributed by atoms with Crippen molar-refractivity contribution in [2.45, 2.75) is 72.3 Å². The zero-order valence-electron chi connectivity index (χ0n) is 18.0. The third kappa shape index (κ3) is 4.31. The Hall–Kier alpha value is -0.120. The molecule has 4 rings (SSSR count). The smallest absolute Gasteiger partial charge is 0.0113 e. The second-order valence-electron chi connectivity index (χ2n) is 11.3. The fourth-order valence-electron chi connectivity index (χ4n) is 6.56. The molecule has 150 valence electrons. The molecular weight excluding hydrogens is 318 g/mol. The van der Waals surface area contributed by atoms with Gasteiger partial charge in [0.15, 0.2) is 0 Å². The van der Waals surface area contributed by atoms with E-state index in [1.54, 1.807) is 0 Å². The standard InChI is InChI=1S/C23H43N3/c1-19(2)13-22(5-6-22)17-25-8-7-23(18-25)14-21(15-23)16-24-9-11-26(12-10-24)20(3)4/h19-21H,5-18H2,1-4H3. The number of hydrogen-bond acceptors (Lipinski definition) is 3. The third-order valence-corrected chi connectivity index (χ3v) is 7.97. The lowest BCUT2D eigenvalue weighted by Gasteiger charge is -2.48. The summed E-state index contributed by atoms with van der Waals surface area (Å²) in [6.45, 7) is 20.2. The van der Waals surface area contributed by atoms with Crippen molar-refractivity contribution in [1.82, 2.24) is 14.7 Å². The van der Waals surface area contributed by atoms with Crippen LogP contribution in [0.4, 0.5) is 0 Å². The summed E-state index contributed by atoms with van der Waals surface area (Å²) in [5, 5.41) is 0. The summed E-state index contributed by atoms with van der Waals surface area (Å²) in [5.74, 6) is 1.87. The molecule has 4 fully saturated rings. The molecule has 2 heterocycles. The van der Waals surface area contributed by atoms with Crippen LogP contribution in [0.5, 0.6) is 0 Å². The van der Waals surface area contributed by atoms with Crippen molar-refractivity contribution in [3.05, 3.63) is 0 Å². The molecule has 2 aliphatic heterocycles. The van der Waals surface area contributed by atoms with E-state index >= 15 is 0 Å². The van der Waals surface area contributed by atoms with E-state index < -0.39 is 0 Å². The Balaban J connectivity index is 1.17. The molecule has 0 radical (unpaired) electrons. The van der Waals surface area contributed by atoms with Gasteiger partial charge in [-0.05, 0) is 81.6 Å². The quantitative estimate of drug-likeness (QED) is 0.680. The molecule has 2 saturated carbocycles. The van der Waals surface area contributed by atoms with E-state index in [9.17, 15) is 0 Å². The van der Waals surface area contributed by atoms with Crippen molar-refractivity contribution < 1.29 is 0 Å².